The molecule has 0 unspecified atom stereocenters. The summed E-state index contributed by atoms with van der Waals surface area (Å²) in [6.07, 6.45) is 0.871. The molecule has 1 rings (SSSR count). The van der Waals surface area contributed by atoms with Crippen LogP contribution >= 0.6 is 0 Å². The summed E-state index contributed by atoms with van der Waals surface area (Å²) in [7, 11) is 1.35. The number of aryl methyl sites for hydroxylation is 2. The lowest BCUT2D eigenvalue weighted by Gasteiger charge is -2.04. The number of hydrogen-bond donors (Lipinski definition) is 1. The SMILES string of the molecule is COC(=O)CCc1ccc(C(=O)O)c(C)c1. The maximum atomic E-state index is 10.9. The summed E-state index contributed by atoms with van der Waals surface area (Å²) < 4.78 is 4.53. The van der Waals surface area contributed by atoms with E-state index in [-0.39, 0.29) is 5.97 Å². The first-order valence-electron chi connectivity index (χ1n) is 4.94. The molecule has 0 amide bonds. The zero-order chi connectivity index (χ0) is 12.1. The third-order valence-corrected chi connectivity index (χ3v) is 2.37. The van der Waals surface area contributed by atoms with Gasteiger partial charge < -0.3 is 9.84 Å². The molecule has 4 nitrogen and oxygen atoms in total. The molecule has 0 saturated heterocycles. The number of carbonyl (C=O) groups is 2. The van der Waals surface area contributed by atoms with E-state index in [0.717, 1.165) is 5.56 Å². The van der Waals surface area contributed by atoms with Crippen molar-refractivity contribution in [3.05, 3.63) is 34.9 Å². The topological polar surface area (TPSA) is 63.6 Å². The van der Waals surface area contributed by atoms with Crippen molar-refractivity contribution in [2.24, 2.45) is 0 Å². The Kier molecular flexibility index (Phi) is 4.05. The number of benzene rings is 1. The van der Waals surface area contributed by atoms with Crippen LogP contribution < -0.4 is 0 Å². The molecule has 0 bridgehead atoms. The van der Waals surface area contributed by atoms with Crippen molar-refractivity contribution < 1.29 is 19.4 Å². The second-order valence-electron chi connectivity index (χ2n) is 3.53. The third kappa shape index (κ3) is 3.08. The highest BCUT2D eigenvalue weighted by atomic mass is 16.5. The molecular weight excluding hydrogens is 208 g/mol. The van der Waals surface area contributed by atoms with Crippen molar-refractivity contribution in [1.82, 2.24) is 0 Å². The molecule has 0 heterocycles. The van der Waals surface area contributed by atoms with Gasteiger partial charge in [0.25, 0.3) is 0 Å². The van der Waals surface area contributed by atoms with Gasteiger partial charge in [-0.25, -0.2) is 4.79 Å². The number of rotatable bonds is 4. The summed E-state index contributed by atoms with van der Waals surface area (Å²) in [4.78, 5) is 21.7. The van der Waals surface area contributed by atoms with E-state index in [1.165, 1.54) is 7.11 Å². The summed E-state index contributed by atoms with van der Waals surface area (Å²) in [5.74, 6) is -1.20. The van der Waals surface area contributed by atoms with Crippen molar-refractivity contribution in [2.75, 3.05) is 7.11 Å². The van der Waals surface area contributed by atoms with Crippen molar-refractivity contribution in [3.8, 4) is 0 Å². The van der Waals surface area contributed by atoms with Crippen LogP contribution in [0, 0.1) is 6.92 Å². The van der Waals surface area contributed by atoms with Crippen molar-refractivity contribution >= 4 is 11.9 Å². The molecule has 0 aliphatic heterocycles. The highest BCUT2D eigenvalue weighted by Crippen LogP contribution is 2.12. The minimum Gasteiger partial charge on any atom is -0.478 e. The number of hydrogen-bond acceptors (Lipinski definition) is 3. The van der Waals surface area contributed by atoms with E-state index >= 15 is 0 Å². The van der Waals surface area contributed by atoms with E-state index in [4.69, 9.17) is 5.11 Å². The molecule has 1 aromatic carbocycles. The van der Waals surface area contributed by atoms with Crippen LogP contribution in [-0.4, -0.2) is 24.2 Å². The predicted octanol–water partition coefficient (Wildman–Crippen LogP) is 1.80. The van der Waals surface area contributed by atoms with Crippen LogP contribution in [-0.2, 0) is 16.0 Å². The number of ether oxygens (including phenoxy) is 1. The average molecular weight is 222 g/mol. The predicted molar refractivity (Wildman–Crippen MR) is 58.5 cm³/mol. The van der Waals surface area contributed by atoms with Crippen LogP contribution in [0.2, 0.25) is 0 Å². The highest BCUT2D eigenvalue weighted by molar-refractivity contribution is 5.89. The van der Waals surface area contributed by atoms with Gasteiger partial charge >= 0.3 is 11.9 Å². The largest absolute Gasteiger partial charge is 0.478 e. The average Bonchev–Trinajstić information content (AvgIpc) is 2.25. The zero-order valence-corrected chi connectivity index (χ0v) is 9.32. The lowest BCUT2D eigenvalue weighted by atomic mass is 10.0. The number of aromatic carboxylic acids is 1. The molecule has 0 atom stereocenters. The molecule has 0 aromatic heterocycles. The summed E-state index contributed by atoms with van der Waals surface area (Å²) in [6.45, 7) is 1.74. The van der Waals surface area contributed by atoms with E-state index in [9.17, 15) is 9.59 Å². The highest BCUT2D eigenvalue weighted by Gasteiger charge is 2.08. The van der Waals surface area contributed by atoms with E-state index in [1.807, 2.05) is 0 Å². The molecule has 4 heteroatoms. The molecule has 1 aromatic rings. The Morgan fingerprint density at radius 2 is 2.06 bits per heavy atom. The van der Waals surface area contributed by atoms with Crippen molar-refractivity contribution in [2.45, 2.75) is 19.8 Å². The monoisotopic (exact) mass is 222 g/mol. The minimum atomic E-state index is -0.933. The first-order chi connectivity index (χ1) is 7.54. The van der Waals surface area contributed by atoms with E-state index in [2.05, 4.69) is 4.74 Å². The third-order valence-electron chi connectivity index (χ3n) is 2.37. The van der Waals surface area contributed by atoms with E-state index in [0.29, 0.717) is 24.0 Å². The molecule has 16 heavy (non-hydrogen) atoms. The Bertz CT molecular complexity index is 409. The molecule has 86 valence electrons. The Balaban J connectivity index is 2.74. The Morgan fingerprint density at radius 3 is 2.56 bits per heavy atom. The smallest absolute Gasteiger partial charge is 0.335 e. The molecule has 0 aliphatic rings. The standard InChI is InChI=1S/C12H14O4/c1-8-7-9(4-6-11(13)16-2)3-5-10(8)12(14)15/h3,5,7H,4,6H2,1-2H3,(H,14,15). The Morgan fingerprint density at radius 1 is 1.38 bits per heavy atom. The van der Waals surface area contributed by atoms with Gasteiger partial charge in [0.2, 0.25) is 0 Å². The summed E-state index contributed by atoms with van der Waals surface area (Å²) in [5, 5.41) is 8.84. The molecule has 0 fully saturated rings. The number of carboxylic acid groups (broad SMARTS) is 1. The molecule has 0 spiro atoms. The van der Waals surface area contributed by atoms with Crippen LogP contribution in [0.4, 0.5) is 0 Å². The number of carboxylic acids is 1. The maximum absolute atomic E-state index is 10.9. The number of methoxy groups -OCH3 is 1. The maximum Gasteiger partial charge on any atom is 0.335 e. The van der Waals surface area contributed by atoms with E-state index in [1.54, 1.807) is 25.1 Å². The Hall–Kier alpha value is -1.84. The zero-order valence-electron chi connectivity index (χ0n) is 9.32. The van der Waals surface area contributed by atoms with Gasteiger partial charge in [-0.1, -0.05) is 12.1 Å². The quantitative estimate of drug-likeness (QED) is 0.789. The van der Waals surface area contributed by atoms with Gasteiger partial charge in [-0.3, -0.25) is 4.79 Å². The van der Waals surface area contributed by atoms with E-state index < -0.39 is 5.97 Å². The fourth-order valence-electron chi connectivity index (χ4n) is 1.47. The van der Waals surface area contributed by atoms with Gasteiger partial charge in [0.05, 0.1) is 12.7 Å². The lowest BCUT2D eigenvalue weighted by molar-refractivity contribution is -0.140. The van der Waals surface area contributed by atoms with Crippen LogP contribution in [0.15, 0.2) is 18.2 Å². The first-order valence-corrected chi connectivity index (χ1v) is 4.94. The summed E-state index contributed by atoms with van der Waals surface area (Å²) >= 11 is 0. The Labute approximate surface area is 93.9 Å². The molecule has 1 N–H and O–H groups in total. The van der Waals surface area contributed by atoms with Crippen LogP contribution in [0.1, 0.15) is 27.9 Å². The first kappa shape index (κ1) is 12.2. The summed E-state index contributed by atoms with van der Waals surface area (Å²) in [5.41, 5.74) is 1.93. The lowest BCUT2D eigenvalue weighted by Crippen LogP contribution is -2.04. The van der Waals surface area contributed by atoms with Gasteiger partial charge in [0.15, 0.2) is 0 Å². The number of carbonyl (C=O) groups excluding carboxylic acids is 1. The normalized spacial score (nSPS) is 9.88. The van der Waals surface area contributed by atoms with Crippen molar-refractivity contribution in [1.29, 1.82) is 0 Å². The van der Waals surface area contributed by atoms with Gasteiger partial charge in [-0.15, -0.1) is 0 Å². The van der Waals surface area contributed by atoms with Crippen molar-refractivity contribution in [3.63, 3.8) is 0 Å². The van der Waals surface area contributed by atoms with Gasteiger partial charge in [0, 0.05) is 6.42 Å². The van der Waals surface area contributed by atoms with Crippen LogP contribution in [0.25, 0.3) is 0 Å². The molecule has 0 radical (unpaired) electrons. The number of esters is 1. The fraction of sp³-hybridized carbons (Fsp3) is 0.333. The van der Waals surface area contributed by atoms with Crippen LogP contribution in [0.3, 0.4) is 0 Å². The van der Waals surface area contributed by atoms with Gasteiger partial charge in [-0.05, 0) is 30.5 Å². The van der Waals surface area contributed by atoms with Gasteiger partial charge in [0.1, 0.15) is 0 Å². The molecule has 0 saturated carbocycles. The second-order valence-corrected chi connectivity index (χ2v) is 3.53. The molecule has 0 aliphatic carbocycles. The fourth-order valence-corrected chi connectivity index (χ4v) is 1.47. The summed E-state index contributed by atoms with van der Waals surface area (Å²) in [6, 6.07) is 5.07. The molecular formula is C12H14O4. The minimum absolute atomic E-state index is 0.264. The van der Waals surface area contributed by atoms with Crippen LogP contribution in [0.5, 0.6) is 0 Å². The van der Waals surface area contributed by atoms with Gasteiger partial charge in [-0.2, -0.15) is 0 Å². The second kappa shape index (κ2) is 5.30.